The molecule has 0 aliphatic carbocycles. The lowest BCUT2D eigenvalue weighted by Gasteiger charge is -2.13. The van der Waals surface area contributed by atoms with Crippen LogP contribution in [0.1, 0.15) is 13.3 Å². The van der Waals surface area contributed by atoms with Crippen LogP contribution < -0.4 is 14.8 Å². The van der Waals surface area contributed by atoms with Crippen LogP contribution in [0.3, 0.4) is 0 Å². The Morgan fingerprint density at radius 3 is 2.85 bits per heavy atom. The second-order valence-corrected chi connectivity index (χ2v) is 4.26. The van der Waals surface area contributed by atoms with Gasteiger partial charge in [-0.2, -0.15) is 0 Å². The van der Waals surface area contributed by atoms with E-state index in [2.05, 4.69) is 5.32 Å². The fourth-order valence-electron chi connectivity index (χ4n) is 1.58. The molecule has 0 bridgehead atoms. The highest BCUT2D eigenvalue weighted by Gasteiger charge is 2.17. The van der Waals surface area contributed by atoms with Crippen LogP contribution in [0.15, 0.2) is 18.2 Å². The van der Waals surface area contributed by atoms with Crippen molar-refractivity contribution in [3.63, 3.8) is 0 Å². The average molecular weight is 284 g/mol. The fourth-order valence-corrected chi connectivity index (χ4v) is 1.58. The van der Waals surface area contributed by atoms with E-state index in [-0.39, 0.29) is 18.0 Å². The normalized spacial score (nSPS) is 11.9. The minimum Gasteiger partial charge on any atom is -0.496 e. The van der Waals surface area contributed by atoms with Crippen molar-refractivity contribution >= 4 is 5.69 Å². The van der Waals surface area contributed by atoms with Crippen molar-refractivity contribution in [2.24, 2.45) is 0 Å². The van der Waals surface area contributed by atoms with Crippen LogP contribution in [-0.2, 0) is 0 Å². The lowest BCUT2D eigenvalue weighted by atomic mass is 10.2. The van der Waals surface area contributed by atoms with Gasteiger partial charge in [0.1, 0.15) is 18.5 Å². The minimum absolute atomic E-state index is 0.0100. The smallest absolute Gasteiger partial charge is 0.314 e. The van der Waals surface area contributed by atoms with E-state index in [0.717, 1.165) is 13.0 Å². The van der Waals surface area contributed by atoms with Gasteiger partial charge in [-0.15, -0.1) is 0 Å². The number of aliphatic hydroxyl groups is 1. The Morgan fingerprint density at radius 2 is 2.25 bits per heavy atom. The molecule has 7 heteroatoms. The Kier molecular flexibility index (Phi) is 6.75. The quantitative estimate of drug-likeness (QED) is 0.404. The van der Waals surface area contributed by atoms with Gasteiger partial charge >= 0.3 is 5.69 Å². The second kappa shape index (κ2) is 8.34. The number of rotatable bonds is 9. The monoisotopic (exact) mass is 284 g/mol. The van der Waals surface area contributed by atoms with Crippen molar-refractivity contribution in [2.75, 3.05) is 26.8 Å². The molecule has 0 amide bonds. The number of hydrogen-bond donors (Lipinski definition) is 2. The number of nitrogens with zero attached hydrogens (tertiary/aromatic N) is 1. The molecule has 0 radical (unpaired) electrons. The van der Waals surface area contributed by atoms with E-state index in [1.54, 1.807) is 6.07 Å². The van der Waals surface area contributed by atoms with Crippen LogP contribution in [0, 0.1) is 10.1 Å². The van der Waals surface area contributed by atoms with Gasteiger partial charge in [0.15, 0.2) is 5.75 Å². The van der Waals surface area contributed by atoms with Crippen molar-refractivity contribution < 1.29 is 19.5 Å². The van der Waals surface area contributed by atoms with Crippen molar-refractivity contribution in [3.8, 4) is 11.5 Å². The Balaban J connectivity index is 2.60. The molecule has 2 N–H and O–H groups in total. The number of nitrogens with one attached hydrogen (secondary N) is 1. The zero-order valence-electron chi connectivity index (χ0n) is 11.7. The molecule has 1 atom stereocenters. The summed E-state index contributed by atoms with van der Waals surface area (Å²) in [5.41, 5.74) is -0.182. The summed E-state index contributed by atoms with van der Waals surface area (Å²) in [6.07, 6.45) is 0.251. The Morgan fingerprint density at radius 1 is 1.50 bits per heavy atom. The molecule has 1 aromatic carbocycles. The molecular weight excluding hydrogens is 264 g/mol. The zero-order valence-corrected chi connectivity index (χ0v) is 11.7. The van der Waals surface area contributed by atoms with E-state index in [0.29, 0.717) is 12.3 Å². The van der Waals surface area contributed by atoms with Crippen LogP contribution in [-0.4, -0.2) is 42.9 Å². The summed E-state index contributed by atoms with van der Waals surface area (Å²) in [5.74, 6) is 0.500. The summed E-state index contributed by atoms with van der Waals surface area (Å²) in [5, 5.41) is 23.7. The summed E-state index contributed by atoms with van der Waals surface area (Å²) < 4.78 is 10.2. The van der Waals surface area contributed by atoms with E-state index in [1.807, 2.05) is 6.92 Å². The maximum Gasteiger partial charge on any atom is 0.314 e. The molecule has 1 rings (SSSR count). The number of hydrogen-bond acceptors (Lipinski definition) is 6. The van der Waals surface area contributed by atoms with Crippen molar-refractivity contribution in [1.82, 2.24) is 5.32 Å². The first-order chi connectivity index (χ1) is 9.58. The molecule has 0 saturated carbocycles. The highest BCUT2D eigenvalue weighted by Crippen LogP contribution is 2.30. The molecule has 0 saturated heterocycles. The number of nitro groups is 1. The lowest BCUT2D eigenvalue weighted by molar-refractivity contribution is -0.386. The zero-order chi connectivity index (χ0) is 15.0. The van der Waals surface area contributed by atoms with E-state index in [4.69, 9.17) is 9.47 Å². The van der Waals surface area contributed by atoms with Crippen LogP contribution in [0.4, 0.5) is 5.69 Å². The molecule has 0 aliphatic heterocycles. The van der Waals surface area contributed by atoms with E-state index >= 15 is 0 Å². The standard InChI is InChI=1S/C13H20N2O5/c1-3-6-14-8-10(16)9-20-13-5-4-11(19-2)7-12(13)15(17)18/h4-5,7,10,14,16H,3,6,8-9H2,1-2H3. The first-order valence-electron chi connectivity index (χ1n) is 6.42. The first kappa shape index (κ1) is 16.2. The fraction of sp³-hybridized carbons (Fsp3) is 0.538. The number of nitro benzene ring substituents is 1. The number of ether oxygens (including phenoxy) is 2. The van der Waals surface area contributed by atoms with Crippen LogP contribution in [0.25, 0.3) is 0 Å². The lowest BCUT2D eigenvalue weighted by Crippen LogP contribution is -2.31. The molecule has 0 heterocycles. The van der Waals surface area contributed by atoms with Gasteiger partial charge in [0.25, 0.3) is 0 Å². The van der Waals surface area contributed by atoms with Crippen LogP contribution >= 0.6 is 0 Å². The maximum absolute atomic E-state index is 10.9. The van der Waals surface area contributed by atoms with E-state index in [9.17, 15) is 15.2 Å². The predicted molar refractivity (Wildman–Crippen MR) is 74.3 cm³/mol. The molecule has 20 heavy (non-hydrogen) atoms. The summed E-state index contributed by atoms with van der Waals surface area (Å²) >= 11 is 0. The van der Waals surface area contributed by atoms with Gasteiger partial charge in [-0.1, -0.05) is 6.92 Å². The highest BCUT2D eigenvalue weighted by atomic mass is 16.6. The van der Waals surface area contributed by atoms with Gasteiger partial charge in [0.05, 0.1) is 18.1 Å². The Hall–Kier alpha value is -1.86. The molecule has 1 aromatic rings. The first-order valence-corrected chi connectivity index (χ1v) is 6.42. The summed E-state index contributed by atoms with van der Waals surface area (Å²) in [6, 6.07) is 4.32. The van der Waals surface area contributed by atoms with Gasteiger partial charge in [-0.25, -0.2) is 0 Å². The van der Waals surface area contributed by atoms with Crippen LogP contribution in [0.2, 0.25) is 0 Å². The third kappa shape index (κ3) is 5.02. The topological polar surface area (TPSA) is 93.9 Å². The molecule has 7 nitrogen and oxygen atoms in total. The number of methoxy groups -OCH3 is 1. The summed E-state index contributed by atoms with van der Waals surface area (Å²) in [6.45, 7) is 3.21. The van der Waals surface area contributed by atoms with E-state index < -0.39 is 11.0 Å². The third-order valence-corrected chi connectivity index (χ3v) is 2.60. The summed E-state index contributed by atoms with van der Waals surface area (Å²) in [7, 11) is 1.43. The SMILES string of the molecule is CCCNCC(O)COc1ccc(OC)cc1[N+](=O)[O-]. The van der Waals surface area contributed by atoms with Crippen molar-refractivity contribution in [2.45, 2.75) is 19.4 Å². The van der Waals surface area contributed by atoms with Gasteiger partial charge in [0.2, 0.25) is 0 Å². The molecule has 0 spiro atoms. The number of aliphatic hydroxyl groups excluding tert-OH is 1. The maximum atomic E-state index is 10.9. The molecule has 0 aromatic heterocycles. The summed E-state index contributed by atoms with van der Waals surface area (Å²) in [4.78, 5) is 10.4. The highest BCUT2D eigenvalue weighted by molar-refractivity contribution is 5.50. The molecule has 1 unspecified atom stereocenters. The van der Waals surface area contributed by atoms with Crippen molar-refractivity contribution in [1.29, 1.82) is 0 Å². The van der Waals surface area contributed by atoms with Gasteiger partial charge in [-0.05, 0) is 25.1 Å². The molecule has 0 fully saturated rings. The molecule has 112 valence electrons. The van der Waals surface area contributed by atoms with Gasteiger partial charge < -0.3 is 19.9 Å². The van der Waals surface area contributed by atoms with Crippen molar-refractivity contribution in [3.05, 3.63) is 28.3 Å². The van der Waals surface area contributed by atoms with Gasteiger partial charge in [0, 0.05) is 6.54 Å². The Labute approximate surface area is 117 Å². The number of benzene rings is 1. The van der Waals surface area contributed by atoms with Crippen LogP contribution in [0.5, 0.6) is 11.5 Å². The Bertz CT molecular complexity index is 439. The second-order valence-electron chi connectivity index (χ2n) is 4.26. The molecular formula is C13H20N2O5. The minimum atomic E-state index is -0.719. The van der Waals surface area contributed by atoms with Gasteiger partial charge in [-0.3, -0.25) is 10.1 Å². The molecule has 0 aliphatic rings. The van der Waals surface area contributed by atoms with E-state index in [1.165, 1.54) is 19.2 Å². The third-order valence-electron chi connectivity index (χ3n) is 2.60. The largest absolute Gasteiger partial charge is 0.496 e. The predicted octanol–water partition coefficient (Wildman–Crippen LogP) is 1.34. The average Bonchev–Trinajstić information content (AvgIpc) is 2.45.